The molecule has 1 aromatic rings. The largest absolute Gasteiger partial charge is 0.434 e. The summed E-state index contributed by atoms with van der Waals surface area (Å²) in [6.45, 7) is -3.02. The smallest absolute Gasteiger partial charge is 0.387 e. The zero-order valence-electron chi connectivity index (χ0n) is 7.64. The first-order valence-corrected chi connectivity index (χ1v) is 5.10. The van der Waals surface area contributed by atoms with Crippen molar-refractivity contribution in [1.29, 1.82) is 0 Å². The van der Waals surface area contributed by atoms with E-state index in [9.17, 15) is 13.2 Å². The minimum Gasteiger partial charge on any atom is -0.434 e. The number of ether oxygens (including phenoxy) is 1. The third-order valence-electron chi connectivity index (χ3n) is 1.50. The van der Waals surface area contributed by atoms with Crippen molar-refractivity contribution < 1.29 is 17.9 Å². The molecule has 0 saturated carbocycles. The van der Waals surface area contributed by atoms with Gasteiger partial charge in [0.2, 0.25) is 0 Å². The maximum atomic E-state index is 13.3. The number of nitrogens with one attached hydrogen (secondary N) is 1. The van der Waals surface area contributed by atoms with Gasteiger partial charge in [-0.2, -0.15) is 8.78 Å². The Hall–Kier alpha value is -1.02. The van der Waals surface area contributed by atoms with Gasteiger partial charge in [-0.3, -0.25) is 0 Å². The second kappa shape index (κ2) is 5.35. The summed E-state index contributed by atoms with van der Waals surface area (Å²) in [5.41, 5.74) is 5.12. The van der Waals surface area contributed by atoms with Gasteiger partial charge in [-0.15, -0.1) is 0 Å². The fourth-order valence-electron chi connectivity index (χ4n) is 0.943. The van der Waals surface area contributed by atoms with Crippen molar-refractivity contribution in [2.45, 2.75) is 6.61 Å². The zero-order valence-corrected chi connectivity index (χ0v) is 10.0. The van der Waals surface area contributed by atoms with Crippen LogP contribution in [-0.2, 0) is 0 Å². The van der Waals surface area contributed by atoms with E-state index in [0.717, 1.165) is 6.07 Å². The lowest BCUT2D eigenvalue weighted by Crippen LogP contribution is -2.19. The van der Waals surface area contributed by atoms with Gasteiger partial charge in [0.25, 0.3) is 0 Å². The van der Waals surface area contributed by atoms with Gasteiger partial charge in [0.05, 0.1) is 10.2 Å². The minimum atomic E-state index is -3.02. The molecule has 0 radical (unpaired) electrons. The number of anilines is 1. The van der Waals surface area contributed by atoms with Crippen molar-refractivity contribution in [3.8, 4) is 5.75 Å². The van der Waals surface area contributed by atoms with Gasteiger partial charge in [-0.1, -0.05) is 0 Å². The molecule has 1 aromatic carbocycles. The Kier molecular flexibility index (Phi) is 4.36. The normalized spacial score (nSPS) is 10.3. The molecule has 0 aliphatic rings. The van der Waals surface area contributed by atoms with Gasteiger partial charge in [0, 0.05) is 6.07 Å². The second-order valence-corrected chi connectivity index (χ2v) is 3.92. The molecule has 16 heavy (non-hydrogen) atoms. The lowest BCUT2D eigenvalue weighted by molar-refractivity contribution is -0.0504. The third kappa shape index (κ3) is 3.53. The first-order chi connectivity index (χ1) is 7.40. The highest BCUT2D eigenvalue weighted by atomic mass is 79.9. The molecule has 0 aliphatic heterocycles. The van der Waals surface area contributed by atoms with E-state index in [0.29, 0.717) is 0 Å². The number of benzene rings is 1. The summed E-state index contributed by atoms with van der Waals surface area (Å²) in [4.78, 5) is 0. The molecule has 0 aromatic heterocycles. The molecule has 0 heterocycles. The Morgan fingerprint density at radius 2 is 2.12 bits per heavy atom. The predicted molar refractivity (Wildman–Crippen MR) is 61.1 cm³/mol. The van der Waals surface area contributed by atoms with Gasteiger partial charge in [0.1, 0.15) is 11.6 Å². The highest BCUT2D eigenvalue weighted by Gasteiger charge is 2.13. The topological polar surface area (TPSA) is 47.3 Å². The third-order valence-corrected chi connectivity index (χ3v) is 2.22. The summed E-state index contributed by atoms with van der Waals surface area (Å²) in [5, 5.41) is 2.22. The number of alkyl halides is 2. The quantitative estimate of drug-likeness (QED) is 0.842. The van der Waals surface area contributed by atoms with Crippen molar-refractivity contribution >= 4 is 38.9 Å². The van der Waals surface area contributed by atoms with Crippen LogP contribution in [0.25, 0.3) is 0 Å². The number of nitrogens with two attached hydrogens (primary N) is 1. The van der Waals surface area contributed by atoms with Crippen LogP contribution < -0.4 is 15.8 Å². The highest BCUT2D eigenvalue weighted by Crippen LogP contribution is 2.31. The van der Waals surface area contributed by atoms with Crippen molar-refractivity contribution in [3.05, 3.63) is 22.4 Å². The van der Waals surface area contributed by atoms with Gasteiger partial charge in [-0.25, -0.2) is 4.39 Å². The SMILES string of the molecule is NC(=S)Nc1cc(Br)c(OC(F)F)cc1F. The van der Waals surface area contributed by atoms with E-state index in [1.807, 2.05) is 0 Å². The van der Waals surface area contributed by atoms with Crippen molar-refractivity contribution in [3.63, 3.8) is 0 Å². The Morgan fingerprint density at radius 3 is 2.62 bits per heavy atom. The van der Waals surface area contributed by atoms with Crippen LogP contribution in [0.2, 0.25) is 0 Å². The summed E-state index contributed by atoms with van der Waals surface area (Å²) in [6.07, 6.45) is 0. The first kappa shape index (κ1) is 13.0. The van der Waals surface area contributed by atoms with Crippen LogP contribution >= 0.6 is 28.1 Å². The van der Waals surface area contributed by atoms with Crippen LogP contribution in [0.3, 0.4) is 0 Å². The van der Waals surface area contributed by atoms with Crippen LogP contribution in [0.15, 0.2) is 16.6 Å². The van der Waals surface area contributed by atoms with E-state index in [1.54, 1.807) is 0 Å². The van der Waals surface area contributed by atoms with E-state index in [1.165, 1.54) is 6.07 Å². The average molecular weight is 315 g/mol. The van der Waals surface area contributed by atoms with E-state index in [-0.39, 0.29) is 21.0 Å². The monoisotopic (exact) mass is 314 g/mol. The molecule has 3 nitrogen and oxygen atoms in total. The fourth-order valence-corrected chi connectivity index (χ4v) is 1.49. The van der Waals surface area contributed by atoms with Crippen LogP contribution in [0.5, 0.6) is 5.75 Å². The molecule has 88 valence electrons. The highest BCUT2D eigenvalue weighted by molar-refractivity contribution is 9.10. The van der Waals surface area contributed by atoms with Crippen LogP contribution in [-0.4, -0.2) is 11.7 Å². The lowest BCUT2D eigenvalue weighted by atomic mass is 10.3. The molecule has 1 rings (SSSR count). The number of thiocarbonyl (C=S) groups is 1. The Labute approximate surface area is 103 Å². The average Bonchev–Trinajstić information content (AvgIpc) is 2.11. The lowest BCUT2D eigenvalue weighted by Gasteiger charge is -2.10. The Morgan fingerprint density at radius 1 is 1.50 bits per heavy atom. The molecule has 0 bridgehead atoms. The summed E-state index contributed by atoms with van der Waals surface area (Å²) >= 11 is 7.47. The molecule has 0 fully saturated rings. The van der Waals surface area contributed by atoms with E-state index in [2.05, 4.69) is 38.2 Å². The Balaban J connectivity index is 3.01. The number of halogens is 4. The van der Waals surface area contributed by atoms with Crippen molar-refractivity contribution in [1.82, 2.24) is 0 Å². The maximum absolute atomic E-state index is 13.3. The first-order valence-electron chi connectivity index (χ1n) is 3.90. The molecule has 0 unspecified atom stereocenters. The summed E-state index contributed by atoms with van der Waals surface area (Å²) < 4.78 is 41.4. The van der Waals surface area contributed by atoms with Crippen LogP contribution in [0, 0.1) is 5.82 Å². The summed E-state index contributed by atoms with van der Waals surface area (Å²) in [6, 6.07) is 2.00. The van der Waals surface area contributed by atoms with Gasteiger partial charge < -0.3 is 15.8 Å². The molecule has 0 aliphatic carbocycles. The van der Waals surface area contributed by atoms with Gasteiger partial charge in [-0.05, 0) is 34.2 Å². The van der Waals surface area contributed by atoms with Gasteiger partial charge in [0.15, 0.2) is 5.11 Å². The van der Waals surface area contributed by atoms with Crippen molar-refractivity contribution in [2.24, 2.45) is 5.73 Å². The molecular formula is C8H6BrF3N2OS. The summed E-state index contributed by atoms with van der Waals surface area (Å²) in [7, 11) is 0. The number of hydrogen-bond acceptors (Lipinski definition) is 2. The molecule has 0 amide bonds. The maximum Gasteiger partial charge on any atom is 0.387 e. The number of rotatable bonds is 3. The van der Waals surface area contributed by atoms with Crippen molar-refractivity contribution in [2.75, 3.05) is 5.32 Å². The second-order valence-electron chi connectivity index (χ2n) is 2.63. The Bertz CT molecular complexity index is 417. The van der Waals surface area contributed by atoms with E-state index >= 15 is 0 Å². The standard InChI is InChI=1S/C8H6BrF3N2OS/c9-3-1-5(14-8(13)16)4(10)2-6(3)15-7(11)12/h1-2,7H,(H3,13,14,16). The zero-order chi connectivity index (χ0) is 12.3. The minimum absolute atomic E-state index is 0.0269. The van der Waals surface area contributed by atoms with Gasteiger partial charge >= 0.3 is 6.61 Å². The predicted octanol–water partition coefficient (Wildman–Crippen LogP) is 2.85. The fraction of sp³-hybridized carbons (Fsp3) is 0.125. The van der Waals surface area contributed by atoms with E-state index < -0.39 is 12.4 Å². The number of hydrogen-bond donors (Lipinski definition) is 2. The molecule has 0 atom stereocenters. The molecule has 8 heteroatoms. The van der Waals surface area contributed by atoms with Crippen LogP contribution in [0.1, 0.15) is 0 Å². The molecule has 0 spiro atoms. The van der Waals surface area contributed by atoms with E-state index in [4.69, 9.17) is 5.73 Å². The van der Waals surface area contributed by atoms with Crippen LogP contribution in [0.4, 0.5) is 18.9 Å². The molecular weight excluding hydrogens is 309 g/mol. The molecule has 3 N–H and O–H groups in total. The molecule has 0 saturated heterocycles. The summed E-state index contributed by atoms with van der Waals surface area (Å²) in [5.74, 6) is -1.10.